The molecule has 8 nitrogen and oxygen atoms in total. The lowest BCUT2D eigenvalue weighted by molar-refractivity contribution is 0.0686. The second-order valence-corrected chi connectivity index (χ2v) is 12.1. The minimum atomic E-state index is -0.979. The highest BCUT2D eigenvalue weighted by atomic mass is 16.5. The molecule has 216 valence electrons. The van der Waals surface area contributed by atoms with Crippen molar-refractivity contribution in [1.29, 1.82) is 0 Å². The van der Waals surface area contributed by atoms with Crippen LogP contribution in [0.2, 0.25) is 0 Å². The highest BCUT2D eigenvalue weighted by Crippen LogP contribution is 2.38. The lowest BCUT2D eigenvalue weighted by Gasteiger charge is -2.42. The van der Waals surface area contributed by atoms with Gasteiger partial charge in [0.25, 0.3) is 5.91 Å². The summed E-state index contributed by atoms with van der Waals surface area (Å²) in [7, 11) is 3.32. The number of methoxy groups -OCH3 is 1. The largest absolute Gasteiger partial charge is 0.497 e. The van der Waals surface area contributed by atoms with E-state index in [1.807, 2.05) is 32.0 Å². The maximum absolute atomic E-state index is 13.6. The van der Waals surface area contributed by atoms with Crippen molar-refractivity contribution in [2.24, 2.45) is 13.0 Å². The summed E-state index contributed by atoms with van der Waals surface area (Å²) in [6.45, 7) is 7.26. The van der Waals surface area contributed by atoms with Crippen molar-refractivity contribution in [3.05, 3.63) is 71.0 Å². The molecular weight excluding hydrogens is 516 g/mol. The SMILES string of the molecule is COc1cc(-c2cc(C(=O)O)n(C)c2)cc([C@@H](C)NC(=O)c2cc(N3C[C@H]4CC[C@@H](C3)N4CC3CC3)ccc2C)c1. The van der Waals surface area contributed by atoms with E-state index in [0.29, 0.717) is 23.4 Å². The predicted octanol–water partition coefficient (Wildman–Crippen LogP) is 5.26. The van der Waals surface area contributed by atoms with Crippen LogP contribution in [0.25, 0.3) is 11.1 Å². The average Bonchev–Trinajstić information content (AvgIpc) is 3.64. The molecule has 1 aromatic heterocycles. The van der Waals surface area contributed by atoms with Crippen molar-refractivity contribution in [3.63, 3.8) is 0 Å². The molecular formula is C33H40N4O4. The lowest BCUT2D eigenvalue weighted by Crippen LogP contribution is -2.54. The van der Waals surface area contributed by atoms with Crippen LogP contribution in [0.5, 0.6) is 5.75 Å². The Kier molecular flexibility index (Phi) is 7.28. The molecule has 1 aliphatic carbocycles. The number of nitrogens with one attached hydrogen (secondary N) is 1. The van der Waals surface area contributed by atoms with Crippen LogP contribution in [-0.2, 0) is 7.05 Å². The number of ether oxygens (including phenoxy) is 1. The van der Waals surface area contributed by atoms with Gasteiger partial charge in [-0.1, -0.05) is 6.07 Å². The van der Waals surface area contributed by atoms with E-state index in [9.17, 15) is 14.7 Å². The van der Waals surface area contributed by atoms with Crippen LogP contribution < -0.4 is 15.0 Å². The summed E-state index contributed by atoms with van der Waals surface area (Å²) >= 11 is 0. The van der Waals surface area contributed by atoms with E-state index in [-0.39, 0.29) is 17.6 Å². The van der Waals surface area contributed by atoms with Crippen molar-refractivity contribution in [3.8, 4) is 16.9 Å². The summed E-state index contributed by atoms with van der Waals surface area (Å²) in [4.78, 5) is 30.4. The molecule has 1 saturated carbocycles. The molecule has 2 N–H and O–H groups in total. The molecule has 0 radical (unpaired) electrons. The number of fused-ring (bicyclic) bond motifs is 2. The van der Waals surface area contributed by atoms with E-state index >= 15 is 0 Å². The predicted molar refractivity (Wildman–Crippen MR) is 160 cm³/mol. The molecule has 3 fully saturated rings. The highest BCUT2D eigenvalue weighted by Gasteiger charge is 2.42. The number of hydrogen-bond donors (Lipinski definition) is 2. The third kappa shape index (κ3) is 5.58. The van der Waals surface area contributed by atoms with E-state index in [1.54, 1.807) is 31.0 Å². The number of carbonyl (C=O) groups excluding carboxylic acids is 1. The van der Waals surface area contributed by atoms with Crippen molar-refractivity contribution < 1.29 is 19.4 Å². The number of rotatable bonds is 9. The third-order valence-electron chi connectivity index (χ3n) is 9.20. The molecule has 2 aromatic carbocycles. The van der Waals surface area contributed by atoms with Gasteiger partial charge in [0.15, 0.2) is 0 Å². The van der Waals surface area contributed by atoms with Crippen molar-refractivity contribution in [1.82, 2.24) is 14.8 Å². The number of carbonyl (C=O) groups is 2. The molecule has 3 aromatic rings. The number of nitrogens with zero attached hydrogens (tertiary/aromatic N) is 3. The second-order valence-electron chi connectivity index (χ2n) is 12.1. The molecule has 8 heteroatoms. The quantitative estimate of drug-likeness (QED) is 0.374. The highest BCUT2D eigenvalue weighted by molar-refractivity contribution is 5.97. The minimum Gasteiger partial charge on any atom is -0.497 e. The number of benzene rings is 2. The number of aromatic carboxylic acids is 1. The van der Waals surface area contributed by atoms with Gasteiger partial charge in [0.1, 0.15) is 11.4 Å². The molecule has 2 bridgehead atoms. The van der Waals surface area contributed by atoms with Crippen LogP contribution >= 0.6 is 0 Å². The third-order valence-corrected chi connectivity index (χ3v) is 9.20. The molecule has 6 rings (SSSR count). The zero-order valence-electron chi connectivity index (χ0n) is 24.4. The number of anilines is 1. The monoisotopic (exact) mass is 556 g/mol. The molecule has 3 aliphatic rings. The molecule has 2 aliphatic heterocycles. The van der Waals surface area contributed by atoms with Gasteiger partial charge in [0.2, 0.25) is 0 Å². The van der Waals surface area contributed by atoms with Crippen LogP contribution in [0, 0.1) is 12.8 Å². The summed E-state index contributed by atoms with van der Waals surface area (Å²) in [6, 6.07) is 14.6. The molecule has 3 heterocycles. The van der Waals surface area contributed by atoms with E-state index in [2.05, 4.69) is 33.3 Å². The van der Waals surface area contributed by atoms with Crippen LogP contribution in [0.15, 0.2) is 48.7 Å². The van der Waals surface area contributed by atoms with Gasteiger partial charge in [-0.05, 0) is 98.5 Å². The van der Waals surface area contributed by atoms with Crippen molar-refractivity contribution in [2.45, 2.75) is 57.7 Å². The first-order valence-corrected chi connectivity index (χ1v) is 14.7. The van der Waals surface area contributed by atoms with Crippen LogP contribution in [0.1, 0.15) is 70.6 Å². The summed E-state index contributed by atoms with van der Waals surface area (Å²) < 4.78 is 7.15. The van der Waals surface area contributed by atoms with Crippen LogP contribution in [0.4, 0.5) is 5.69 Å². The Morgan fingerprint density at radius 1 is 1.02 bits per heavy atom. The topological polar surface area (TPSA) is 87.0 Å². The van der Waals surface area contributed by atoms with Gasteiger partial charge in [0.05, 0.1) is 13.2 Å². The number of carboxylic acids is 1. The smallest absolute Gasteiger partial charge is 0.352 e. The number of aromatic nitrogens is 1. The van der Waals surface area contributed by atoms with Gasteiger partial charge in [-0.3, -0.25) is 9.69 Å². The molecule has 0 unspecified atom stereocenters. The molecule has 41 heavy (non-hydrogen) atoms. The fourth-order valence-electron chi connectivity index (χ4n) is 6.60. The van der Waals surface area contributed by atoms with Crippen LogP contribution in [-0.4, -0.2) is 65.3 Å². The first-order valence-electron chi connectivity index (χ1n) is 14.7. The van der Waals surface area contributed by atoms with Gasteiger partial charge in [-0.25, -0.2) is 4.79 Å². The lowest BCUT2D eigenvalue weighted by atomic mass is 10.00. The second kappa shape index (κ2) is 10.9. The maximum Gasteiger partial charge on any atom is 0.352 e. The summed E-state index contributed by atoms with van der Waals surface area (Å²) in [5.41, 5.74) is 5.46. The fraction of sp³-hybridized carbons (Fsp3) is 0.455. The summed E-state index contributed by atoms with van der Waals surface area (Å²) in [5.74, 6) is 0.474. The Morgan fingerprint density at radius 3 is 2.39 bits per heavy atom. The minimum absolute atomic E-state index is 0.107. The first kappa shape index (κ1) is 27.4. The van der Waals surface area contributed by atoms with E-state index in [1.165, 1.54) is 32.2 Å². The first-order chi connectivity index (χ1) is 19.7. The number of hydrogen-bond acceptors (Lipinski definition) is 5. The number of aryl methyl sites for hydroxylation is 2. The Labute approximate surface area is 241 Å². The van der Waals surface area contributed by atoms with E-state index in [4.69, 9.17) is 4.74 Å². The van der Waals surface area contributed by atoms with Crippen molar-refractivity contribution in [2.75, 3.05) is 31.6 Å². The van der Waals surface area contributed by atoms with E-state index in [0.717, 1.165) is 46.9 Å². The zero-order chi connectivity index (χ0) is 28.8. The Balaban J connectivity index is 1.19. The Bertz CT molecular complexity index is 1460. The number of carboxylic acid groups (broad SMARTS) is 1. The average molecular weight is 557 g/mol. The van der Waals surface area contributed by atoms with Gasteiger partial charge in [-0.15, -0.1) is 0 Å². The number of piperazine rings is 1. The molecule has 0 spiro atoms. The van der Waals surface area contributed by atoms with Crippen LogP contribution in [0.3, 0.4) is 0 Å². The zero-order valence-corrected chi connectivity index (χ0v) is 24.4. The molecule has 1 amide bonds. The van der Waals surface area contributed by atoms with Gasteiger partial charge in [0, 0.05) is 61.8 Å². The number of amides is 1. The van der Waals surface area contributed by atoms with Gasteiger partial charge < -0.3 is 24.6 Å². The maximum atomic E-state index is 13.6. The van der Waals surface area contributed by atoms with Gasteiger partial charge in [-0.2, -0.15) is 0 Å². The standard InChI is InChI=1S/C33H40N4O4/c1-20-5-8-26(36-18-27-9-10-28(19-36)37(27)16-22-6-7-22)15-30(20)32(38)34-21(2)23-11-24(13-29(12-23)41-4)25-14-31(33(39)40)35(3)17-25/h5,8,11-15,17,21-22,27-28H,6-7,9-10,16,18-19H2,1-4H3,(H,34,38)(H,39,40)/t21-,27-,28+/m1/s1. The van der Waals surface area contributed by atoms with Crippen molar-refractivity contribution >= 4 is 17.6 Å². The normalized spacial score (nSPS) is 21.1. The molecule has 2 saturated heterocycles. The summed E-state index contributed by atoms with van der Waals surface area (Å²) in [5, 5.41) is 12.7. The Hall–Kier alpha value is -3.78. The molecule has 3 atom stereocenters. The van der Waals surface area contributed by atoms with E-state index < -0.39 is 5.97 Å². The Morgan fingerprint density at radius 2 is 1.76 bits per heavy atom. The van der Waals surface area contributed by atoms with Gasteiger partial charge >= 0.3 is 5.97 Å². The fourth-order valence-corrected chi connectivity index (χ4v) is 6.60. The summed E-state index contributed by atoms with van der Waals surface area (Å²) in [6.07, 6.45) is 7.12.